The lowest BCUT2D eigenvalue weighted by Crippen LogP contribution is -2.65. The van der Waals surface area contributed by atoms with Crippen LogP contribution in [0.15, 0.2) is 24.3 Å². The van der Waals surface area contributed by atoms with Crippen molar-refractivity contribution in [3.8, 4) is 11.8 Å². The Morgan fingerprint density at radius 2 is 2.21 bits per heavy atom. The quantitative estimate of drug-likeness (QED) is 0.778. The molecule has 2 fully saturated rings. The predicted octanol–water partition coefficient (Wildman–Crippen LogP) is 2.50. The lowest BCUT2D eigenvalue weighted by Gasteiger charge is -2.57. The molecule has 24 heavy (non-hydrogen) atoms. The van der Waals surface area contributed by atoms with Gasteiger partial charge >= 0.3 is 0 Å². The third-order valence-electron chi connectivity index (χ3n) is 5.30. The van der Waals surface area contributed by atoms with Gasteiger partial charge in [-0.15, -0.1) is 0 Å². The van der Waals surface area contributed by atoms with Gasteiger partial charge in [-0.05, 0) is 44.4 Å². The molecule has 1 N–H and O–H groups in total. The van der Waals surface area contributed by atoms with Crippen LogP contribution in [0.4, 0.5) is 0 Å². The lowest BCUT2D eigenvalue weighted by atomic mass is 9.57. The molecule has 1 aliphatic heterocycles. The van der Waals surface area contributed by atoms with Gasteiger partial charge in [-0.25, -0.2) is 0 Å². The van der Waals surface area contributed by atoms with Crippen LogP contribution in [0.25, 0.3) is 0 Å². The molecule has 1 saturated carbocycles. The summed E-state index contributed by atoms with van der Waals surface area (Å²) in [5, 5.41) is 12.6. The zero-order chi connectivity index (χ0) is 16.8. The Morgan fingerprint density at radius 1 is 1.38 bits per heavy atom. The van der Waals surface area contributed by atoms with Crippen LogP contribution in [-0.2, 0) is 9.47 Å². The number of ether oxygens (including phenoxy) is 3. The van der Waals surface area contributed by atoms with Gasteiger partial charge in [0.1, 0.15) is 12.4 Å². The fraction of sp³-hybridized carbons (Fsp3) is 0.632. The number of hydrogen-bond acceptors (Lipinski definition) is 5. The molecule has 5 nitrogen and oxygen atoms in total. The second-order valence-corrected chi connectivity index (χ2v) is 6.52. The highest BCUT2D eigenvalue weighted by Crippen LogP contribution is 2.50. The van der Waals surface area contributed by atoms with Crippen LogP contribution in [0.1, 0.15) is 31.7 Å². The summed E-state index contributed by atoms with van der Waals surface area (Å²) in [5.41, 5.74) is 0.856. The summed E-state index contributed by atoms with van der Waals surface area (Å²) in [6, 6.07) is 9.89. The molecule has 2 aliphatic rings. The van der Waals surface area contributed by atoms with Crippen molar-refractivity contribution in [1.82, 2.24) is 5.32 Å². The largest absolute Gasteiger partial charge is 0.492 e. The van der Waals surface area contributed by atoms with Crippen LogP contribution in [0.2, 0.25) is 0 Å². The number of nitrogens with one attached hydrogen (secondary N) is 1. The Balaban J connectivity index is 1.47. The van der Waals surface area contributed by atoms with Crippen LogP contribution in [-0.4, -0.2) is 45.1 Å². The monoisotopic (exact) mass is 330 g/mol. The number of nitriles is 1. The zero-order valence-corrected chi connectivity index (χ0v) is 14.3. The summed E-state index contributed by atoms with van der Waals surface area (Å²) in [6.07, 6.45) is 3.57. The summed E-state index contributed by atoms with van der Waals surface area (Å²) < 4.78 is 17.2. The molecule has 130 valence electrons. The van der Waals surface area contributed by atoms with Crippen molar-refractivity contribution in [1.29, 1.82) is 5.26 Å². The summed E-state index contributed by atoms with van der Waals surface area (Å²) >= 11 is 0. The van der Waals surface area contributed by atoms with Crippen molar-refractivity contribution < 1.29 is 14.2 Å². The summed E-state index contributed by atoms with van der Waals surface area (Å²) in [7, 11) is 0. The average Bonchev–Trinajstić information content (AvgIpc) is 2.64. The summed E-state index contributed by atoms with van der Waals surface area (Å²) in [5.74, 6) is 0.748. The predicted molar refractivity (Wildman–Crippen MR) is 91.0 cm³/mol. The van der Waals surface area contributed by atoms with E-state index in [-0.39, 0.29) is 5.41 Å². The number of hydrogen-bond donors (Lipinski definition) is 1. The summed E-state index contributed by atoms with van der Waals surface area (Å²) in [4.78, 5) is 0. The fourth-order valence-electron chi connectivity index (χ4n) is 3.95. The van der Waals surface area contributed by atoms with E-state index in [1.54, 1.807) is 12.1 Å². The minimum atomic E-state index is 0.231. The minimum Gasteiger partial charge on any atom is -0.492 e. The molecule has 1 aliphatic carbocycles. The molecule has 0 amide bonds. The SMILES string of the molecule is CCO[C@H]1C[C@H](NCCOc2cccc(C#N)c2)C12CCOCC2. The topological polar surface area (TPSA) is 63.5 Å². The highest BCUT2D eigenvalue weighted by molar-refractivity contribution is 5.36. The molecule has 0 aromatic heterocycles. The van der Waals surface area contributed by atoms with Gasteiger partial charge < -0.3 is 19.5 Å². The van der Waals surface area contributed by atoms with Gasteiger partial charge in [0.15, 0.2) is 0 Å². The fourth-order valence-corrected chi connectivity index (χ4v) is 3.95. The minimum absolute atomic E-state index is 0.231. The van der Waals surface area contributed by atoms with E-state index in [4.69, 9.17) is 19.5 Å². The molecule has 3 rings (SSSR count). The molecule has 1 saturated heterocycles. The number of rotatable bonds is 7. The Labute approximate surface area is 143 Å². The first-order valence-corrected chi connectivity index (χ1v) is 8.84. The van der Waals surface area contributed by atoms with Gasteiger partial charge in [0.2, 0.25) is 0 Å². The Bertz CT molecular complexity index is 578. The third kappa shape index (κ3) is 3.56. The van der Waals surface area contributed by atoms with Gasteiger partial charge in [0.05, 0.1) is 17.7 Å². The molecule has 1 heterocycles. The van der Waals surface area contributed by atoms with Crippen molar-refractivity contribution in [3.63, 3.8) is 0 Å². The Morgan fingerprint density at radius 3 is 2.96 bits per heavy atom. The van der Waals surface area contributed by atoms with E-state index in [0.717, 1.165) is 51.4 Å². The van der Waals surface area contributed by atoms with E-state index >= 15 is 0 Å². The normalized spacial score (nSPS) is 25.0. The van der Waals surface area contributed by atoms with E-state index in [9.17, 15) is 0 Å². The summed E-state index contributed by atoms with van der Waals surface area (Å²) in [6.45, 7) is 5.90. The van der Waals surface area contributed by atoms with Gasteiger partial charge in [0, 0.05) is 37.8 Å². The van der Waals surface area contributed by atoms with E-state index < -0.39 is 0 Å². The second kappa shape index (κ2) is 7.98. The third-order valence-corrected chi connectivity index (χ3v) is 5.30. The van der Waals surface area contributed by atoms with Crippen LogP contribution in [0.5, 0.6) is 5.75 Å². The van der Waals surface area contributed by atoms with Crippen molar-refractivity contribution in [3.05, 3.63) is 29.8 Å². The van der Waals surface area contributed by atoms with Crippen LogP contribution in [0.3, 0.4) is 0 Å². The van der Waals surface area contributed by atoms with E-state index in [0.29, 0.717) is 24.3 Å². The Kier molecular flexibility index (Phi) is 5.72. The van der Waals surface area contributed by atoms with Crippen molar-refractivity contribution in [2.24, 2.45) is 5.41 Å². The molecule has 5 heteroatoms. The van der Waals surface area contributed by atoms with E-state index in [1.165, 1.54) is 0 Å². The maximum absolute atomic E-state index is 8.92. The second-order valence-electron chi connectivity index (χ2n) is 6.52. The first-order valence-electron chi connectivity index (χ1n) is 8.84. The van der Waals surface area contributed by atoms with Crippen molar-refractivity contribution >= 4 is 0 Å². The van der Waals surface area contributed by atoms with Gasteiger partial charge in [-0.1, -0.05) is 6.07 Å². The zero-order valence-electron chi connectivity index (χ0n) is 14.3. The Hall–Kier alpha value is -1.61. The van der Waals surface area contributed by atoms with Crippen LogP contribution < -0.4 is 10.1 Å². The number of benzene rings is 1. The lowest BCUT2D eigenvalue weighted by molar-refractivity contribution is -0.172. The molecule has 0 radical (unpaired) electrons. The molecular weight excluding hydrogens is 304 g/mol. The molecule has 0 unspecified atom stereocenters. The first-order chi connectivity index (χ1) is 11.8. The van der Waals surface area contributed by atoms with Crippen molar-refractivity contribution in [2.45, 2.75) is 38.3 Å². The average molecular weight is 330 g/mol. The smallest absolute Gasteiger partial charge is 0.120 e. The first kappa shape index (κ1) is 17.2. The highest BCUT2D eigenvalue weighted by atomic mass is 16.5. The molecule has 0 bridgehead atoms. The molecule has 2 atom stereocenters. The van der Waals surface area contributed by atoms with Gasteiger partial charge in [0.25, 0.3) is 0 Å². The van der Waals surface area contributed by atoms with Crippen LogP contribution in [0, 0.1) is 16.7 Å². The van der Waals surface area contributed by atoms with Gasteiger partial charge in [-0.2, -0.15) is 5.26 Å². The standard InChI is InChI=1S/C19H26N2O3/c1-2-23-18-13-17(19(18)6-9-22-10-7-19)21-8-11-24-16-5-3-4-15(12-16)14-20/h3-5,12,17-18,21H,2,6-11,13H2,1H3/t17-,18-/m0/s1. The van der Waals surface area contributed by atoms with Gasteiger partial charge in [-0.3, -0.25) is 0 Å². The number of nitrogens with zero attached hydrogens (tertiary/aromatic N) is 1. The molecule has 1 aromatic carbocycles. The molecular formula is C19H26N2O3. The van der Waals surface area contributed by atoms with Crippen molar-refractivity contribution in [2.75, 3.05) is 33.0 Å². The van der Waals surface area contributed by atoms with E-state index in [2.05, 4.69) is 18.3 Å². The molecule has 1 spiro atoms. The molecule has 1 aromatic rings. The maximum atomic E-state index is 8.92. The van der Waals surface area contributed by atoms with E-state index in [1.807, 2.05) is 12.1 Å². The van der Waals surface area contributed by atoms with Crippen LogP contribution >= 0.6 is 0 Å². The maximum Gasteiger partial charge on any atom is 0.120 e. The highest BCUT2D eigenvalue weighted by Gasteiger charge is 2.55.